The van der Waals surface area contributed by atoms with Crippen molar-refractivity contribution in [3.8, 4) is 0 Å². The van der Waals surface area contributed by atoms with Gasteiger partial charge in [0.15, 0.2) is 6.10 Å². The molecule has 0 aromatic carbocycles. The van der Waals surface area contributed by atoms with Gasteiger partial charge in [0.2, 0.25) is 0 Å². The van der Waals surface area contributed by atoms with Crippen LogP contribution in [0, 0.1) is 0 Å². The Morgan fingerprint density at radius 2 is 0.675 bits per heavy atom. The Hall–Kier alpha value is -3.85. The number of carbonyl (C=O) groups excluding carboxylic acids is 2. The minimum Gasteiger partial charge on any atom is -0.462 e. The molecular weight excluding hydrogens is 978 g/mol. The Bertz CT molecular complexity index is 1720. The highest BCUT2D eigenvalue weighted by atomic mass is 31.2. The molecule has 0 saturated carbocycles. The van der Waals surface area contributed by atoms with Crippen molar-refractivity contribution in [3.63, 3.8) is 0 Å². The Morgan fingerprint density at radius 1 is 0.390 bits per heavy atom. The quantitative estimate of drug-likeness (QED) is 0.0264. The Labute approximate surface area is 472 Å². The maximum Gasteiger partial charge on any atom is 0.472 e. The van der Waals surface area contributed by atoms with Gasteiger partial charge >= 0.3 is 19.8 Å². The van der Waals surface area contributed by atoms with Crippen molar-refractivity contribution in [2.45, 2.75) is 251 Å². The number of phosphoric ester groups is 1. The molecule has 0 aliphatic heterocycles. The van der Waals surface area contributed by atoms with Gasteiger partial charge in [-0.1, -0.05) is 257 Å². The third kappa shape index (κ3) is 61.2. The monoisotopic (exact) mass is 1090 g/mol. The predicted molar refractivity (Wildman–Crippen MR) is 330 cm³/mol. The number of carbonyl (C=O) groups is 2. The molecule has 0 aliphatic rings. The fraction of sp³-hybridized carbons (Fsp3) is 0.642. The highest BCUT2D eigenvalue weighted by molar-refractivity contribution is 7.47. The Morgan fingerprint density at radius 3 is 1.00 bits per heavy atom. The highest BCUT2D eigenvalue weighted by Gasteiger charge is 2.26. The van der Waals surface area contributed by atoms with Crippen molar-refractivity contribution in [1.29, 1.82) is 0 Å². The van der Waals surface area contributed by atoms with Crippen LogP contribution in [-0.2, 0) is 32.7 Å². The molecule has 0 aromatic rings. The molecule has 77 heavy (non-hydrogen) atoms. The molecular formula is C67H112NO8P. The summed E-state index contributed by atoms with van der Waals surface area (Å²) in [5.41, 5.74) is 5.38. The molecule has 2 unspecified atom stereocenters. The van der Waals surface area contributed by atoms with Crippen LogP contribution in [0.2, 0.25) is 0 Å². The van der Waals surface area contributed by atoms with Crippen LogP contribution in [-0.4, -0.2) is 49.3 Å². The Balaban J connectivity index is 3.92. The Kier molecular flexibility index (Phi) is 58.3. The predicted octanol–water partition coefficient (Wildman–Crippen LogP) is 19.7. The van der Waals surface area contributed by atoms with Gasteiger partial charge in [-0.05, 0) is 109 Å². The third-order valence-corrected chi connectivity index (χ3v) is 13.5. The molecule has 2 atom stereocenters. The van der Waals surface area contributed by atoms with E-state index in [2.05, 4.69) is 148 Å². The number of nitrogens with two attached hydrogens (primary N) is 1. The summed E-state index contributed by atoms with van der Waals surface area (Å²) in [6, 6.07) is 0. The van der Waals surface area contributed by atoms with E-state index in [4.69, 9.17) is 24.3 Å². The molecule has 0 bridgehead atoms. The molecule has 0 radical (unpaired) electrons. The van der Waals surface area contributed by atoms with E-state index < -0.39 is 32.5 Å². The molecule has 0 heterocycles. The number of unbranched alkanes of at least 4 members (excludes halogenated alkanes) is 21. The number of ether oxygens (including phenoxy) is 2. The van der Waals surface area contributed by atoms with E-state index in [9.17, 15) is 19.0 Å². The van der Waals surface area contributed by atoms with Crippen LogP contribution in [0.15, 0.2) is 134 Å². The maximum atomic E-state index is 12.7. The van der Waals surface area contributed by atoms with E-state index in [1.54, 1.807) is 0 Å². The highest BCUT2D eigenvalue weighted by Crippen LogP contribution is 2.43. The van der Waals surface area contributed by atoms with Gasteiger partial charge in [0.05, 0.1) is 13.2 Å². The molecule has 3 N–H and O–H groups in total. The minimum atomic E-state index is -4.40. The van der Waals surface area contributed by atoms with E-state index in [1.165, 1.54) is 89.9 Å². The SMILES string of the molecule is CC/C=C\C/C=C\C/C=C\C/C=C\C/C=C\C/C=C\C/C=C\C/C=C\CCCCCCCCCCCCCCCCC(=O)OC(COC(=O)CCCCCCCCC/C=C\C/C=C\C/C=C\CC)COP(=O)(O)OCCN. The smallest absolute Gasteiger partial charge is 0.462 e. The van der Waals surface area contributed by atoms with E-state index in [1.807, 2.05) is 0 Å². The molecule has 438 valence electrons. The molecule has 0 aromatic heterocycles. The van der Waals surface area contributed by atoms with E-state index in [0.717, 1.165) is 122 Å². The fourth-order valence-corrected chi connectivity index (χ4v) is 8.84. The molecule has 9 nitrogen and oxygen atoms in total. The number of allylic oxidation sites excluding steroid dienone is 22. The summed E-state index contributed by atoms with van der Waals surface area (Å²) in [4.78, 5) is 35.2. The molecule has 0 fully saturated rings. The second-order valence-corrected chi connectivity index (χ2v) is 21.3. The average molecular weight is 1090 g/mol. The standard InChI is InChI=1S/C67H112NO8P/c1-3-5-7-9-11-13-15-17-19-21-22-23-24-25-26-27-28-29-30-31-32-33-34-35-36-37-38-39-40-41-42-44-46-48-50-52-54-56-58-60-67(70)76-65(64-75-77(71,72)74-62-61-68)63-73-66(69)59-57-55-53-51-49-47-45-43-20-18-16-14-12-10-8-6-4-2/h5-8,11-14,17-20,22-23,25-26,28-29,31-32,34-35,65H,3-4,9-10,15-16,21,24,27,30,33,36-64,68H2,1-2H3,(H,71,72)/b7-5-,8-6-,13-11-,14-12-,19-17-,20-18-,23-22-,26-25-,29-28-,32-31-,35-34-. The van der Waals surface area contributed by atoms with Crippen molar-refractivity contribution < 1.29 is 37.6 Å². The lowest BCUT2D eigenvalue weighted by atomic mass is 10.0. The van der Waals surface area contributed by atoms with Crippen LogP contribution in [0.3, 0.4) is 0 Å². The van der Waals surface area contributed by atoms with Gasteiger partial charge in [0, 0.05) is 19.4 Å². The summed E-state index contributed by atoms with van der Waals surface area (Å²) in [5, 5.41) is 0. The maximum absolute atomic E-state index is 12.7. The first-order valence-corrected chi connectivity index (χ1v) is 32.2. The first-order chi connectivity index (χ1) is 37.8. The summed E-state index contributed by atoms with van der Waals surface area (Å²) in [6.07, 6.45) is 86.6. The van der Waals surface area contributed by atoms with Gasteiger partial charge in [-0.2, -0.15) is 0 Å². The molecule has 10 heteroatoms. The van der Waals surface area contributed by atoms with Crippen LogP contribution in [0.25, 0.3) is 0 Å². The summed E-state index contributed by atoms with van der Waals surface area (Å²) < 4.78 is 33.0. The van der Waals surface area contributed by atoms with Crippen molar-refractivity contribution >= 4 is 19.8 Å². The lowest BCUT2D eigenvalue weighted by Gasteiger charge is -2.19. The van der Waals surface area contributed by atoms with Crippen molar-refractivity contribution in [1.82, 2.24) is 0 Å². The minimum absolute atomic E-state index is 0.0465. The normalized spacial score (nSPS) is 14.0. The summed E-state index contributed by atoms with van der Waals surface area (Å²) in [6.45, 7) is 3.50. The first-order valence-electron chi connectivity index (χ1n) is 30.7. The summed E-state index contributed by atoms with van der Waals surface area (Å²) in [7, 11) is -4.40. The van der Waals surface area contributed by atoms with Gasteiger partial charge in [0.25, 0.3) is 0 Å². The van der Waals surface area contributed by atoms with E-state index in [-0.39, 0.29) is 32.6 Å². The van der Waals surface area contributed by atoms with Crippen molar-refractivity contribution in [3.05, 3.63) is 134 Å². The summed E-state index contributed by atoms with van der Waals surface area (Å²) in [5.74, 6) is -0.844. The molecule has 0 rings (SSSR count). The zero-order valence-corrected chi connectivity index (χ0v) is 49.8. The molecule has 0 amide bonds. The van der Waals surface area contributed by atoms with E-state index >= 15 is 0 Å². The molecule has 0 aliphatic carbocycles. The second-order valence-electron chi connectivity index (χ2n) is 19.8. The van der Waals surface area contributed by atoms with Gasteiger partial charge in [0.1, 0.15) is 6.61 Å². The van der Waals surface area contributed by atoms with Gasteiger partial charge in [-0.15, -0.1) is 0 Å². The van der Waals surface area contributed by atoms with Crippen LogP contribution in [0.1, 0.15) is 245 Å². The lowest BCUT2D eigenvalue weighted by molar-refractivity contribution is -0.161. The van der Waals surface area contributed by atoms with Crippen LogP contribution < -0.4 is 5.73 Å². The fourth-order valence-electron chi connectivity index (χ4n) is 8.08. The number of phosphoric acid groups is 1. The average Bonchev–Trinajstić information content (AvgIpc) is 3.42. The number of rotatable bonds is 56. The largest absolute Gasteiger partial charge is 0.472 e. The molecule has 0 saturated heterocycles. The van der Waals surface area contributed by atoms with Crippen molar-refractivity contribution in [2.75, 3.05) is 26.4 Å². The van der Waals surface area contributed by atoms with Gasteiger partial charge < -0.3 is 20.1 Å². The number of hydrogen-bond acceptors (Lipinski definition) is 8. The van der Waals surface area contributed by atoms with Gasteiger partial charge in [-0.3, -0.25) is 18.6 Å². The van der Waals surface area contributed by atoms with Crippen LogP contribution in [0.4, 0.5) is 0 Å². The second kappa shape index (κ2) is 61.4. The number of hydrogen-bond donors (Lipinski definition) is 2. The molecule has 0 spiro atoms. The van der Waals surface area contributed by atoms with Gasteiger partial charge in [-0.25, -0.2) is 4.57 Å². The van der Waals surface area contributed by atoms with Crippen LogP contribution in [0.5, 0.6) is 0 Å². The topological polar surface area (TPSA) is 134 Å². The first kappa shape index (κ1) is 73.2. The van der Waals surface area contributed by atoms with E-state index in [0.29, 0.717) is 6.42 Å². The number of esters is 2. The van der Waals surface area contributed by atoms with Crippen molar-refractivity contribution in [2.24, 2.45) is 5.73 Å². The zero-order valence-electron chi connectivity index (χ0n) is 48.9. The zero-order chi connectivity index (χ0) is 55.9. The summed E-state index contributed by atoms with van der Waals surface area (Å²) >= 11 is 0. The van der Waals surface area contributed by atoms with Crippen LogP contribution >= 0.6 is 7.82 Å². The third-order valence-electron chi connectivity index (χ3n) is 12.5. The lowest BCUT2D eigenvalue weighted by Crippen LogP contribution is -2.29.